The van der Waals surface area contributed by atoms with Crippen LogP contribution in [0.1, 0.15) is 5.56 Å². The Balaban J connectivity index is 1.85. The number of nitrogens with zero attached hydrogens (tertiary/aromatic N) is 1. The third-order valence-electron chi connectivity index (χ3n) is 2.82. The lowest BCUT2D eigenvalue weighted by molar-refractivity contribution is -0.384. The molecule has 120 valence electrons. The van der Waals surface area contributed by atoms with Crippen LogP contribution in [0, 0.1) is 15.9 Å². The average Bonchev–Trinajstić information content (AvgIpc) is 2.52. The number of non-ortho nitro benzene ring substituents is 1. The lowest BCUT2D eigenvalue weighted by Gasteiger charge is -2.11. The van der Waals surface area contributed by atoms with Crippen molar-refractivity contribution in [2.45, 2.75) is 6.54 Å². The molecule has 2 aromatic carbocycles. The second kappa shape index (κ2) is 7.54. The lowest BCUT2D eigenvalue weighted by atomic mass is 10.2. The number of halogens is 2. The van der Waals surface area contributed by atoms with Crippen LogP contribution in [0.15, 0.2) is 46.9 Å². The van der Waals surface area contributed by atoms with Gasteiger partial charge in [-0.1, -0.05) is 12.1 Å². The summed E-state index contributed by atoms with van der Waals surface area (Å²) >= 11 is 3.16. The molecular weight excluding hydrogens is 371 g/mol. The lowest BCUT2D eigenvalue weighted by Crippen LogP contribution is -2.38. The van der Waals surface area contributed by atoms with Gasteiger partial charge in [0.2, 0.25) is 0 Å². The predicted octanol–water partition coefficient (Wildman–Crippen LogP) is 3.32. The van der Waals surface area contributed by atoms with E-state index in [0.29, 0.717) is 15.7 Å². The Bertz CT molecular complexity index is 742. The number of nitro benzene ring substituents is 1. The van der Waals surface area contributed by atoms with E-state index in [9.17, 15) is 19.3 Å². The van der Waals surface area contributed by atoms with Crippen molar-refractivity contribution in [1.29, 1.82) is 0 Å². The smallest absolute Gasteiger partial charge is 0.333 e. The van der Waals surface area contributed by atoms with Crippen LogP contribution in [0.4, 0.5) is 20.6 Å². The molecule has 2 amide bonds. The molecule has 2 aromatic rings. The van der Waals surface area contributed by atoms with E-state index in [-0.39, 0.29) is 12.2 Å². The summed E-state index contributed by atoms with van der Waals surface area (Å²) in [6.07, 6.45) is 0. The molecule has 23 heavy (non-hydrogen) atoms. The first-order valence-corrected chi connectivity index (χ1v) is 7.23. The summed E-state index contributed by atoms with van der Waals surface area (Å²) in [7, 11) is 0. The molecule has 0 radical (unpaired) electrons. The second-order valence-electron chi connectivity index (χ2n) is 4.48. The number of urea groups is 1. The van der Waals surface area contributed by atoms with Gasteiger partial charge in [-0.25, -0.2) is 9.18 Å². The molecule has 0 bridgehead atoms. The van der Waals surface area contributed by atoms with Gasteiger partial charge in [0, 0.05) is 23.2 Å². The van der Waals surface area contributed by atoms with Gasteiger partial charge in [-0.15, -0.1) is 0 Å². The minimum Gasteiger partial charge on any atom is -0.333 e. The standard InChI is InChI=1S/C14H12BrFN4O3/c15-12-7-10(16)4-5-13(12)18-19-14(21)17-8-9-2-1-3-11(6-9)20(22)23/h1-7,18H,8H2,(H2,17,19,21). The Morgan fingerprint density at radius 3 is 2.74 bits per heavy atom. The van der Waals surface area contributed by atoms with Gasteiger partial charge >= 0.3 is 6.03 Å². The van der Waals surface area contributed by atoms with Gasteiger partial charge in [-0.05, 0) is 39.7 Å². The first-order valence-electron chi connectivity index (χ1n) is 6.44. The zero-order valence-corrected chi connectivity index (χ0v) is 13.3. The van der Waals surface area contributed by atoms with Crippen LogP contribution in [-0.4, -0.2) is 11.0 Å². The van der Waals surface area contributed by atoms with Crippen LogP contribution in [-0.2, 0) is 6.54 Å². The van der Waals surface area contributed by atoms with E-state index in [1.807, 2.05) is 0 Å². The fourth-order valence-electron chi connectivity index (χ4n) is 1.72. The Labute approximate surface area is 139 Å². The maximum absolute atomic E-state index is 12.9. The highest BCUT2D eigenvalue weighted by Crippen LogP contribution is 2.22. The van der Waals surface area contributed by atoms with Gasteiger partial charge in [0.05, 0.1) is 10.6 Å². The quantitative estimate of drug-likeness (QED) is 0.545. The van der Waals surface area contributed by atoms with Crippen molar-refractivity contribution in [3.8, 4) is 0 Å². The van der Waals surface area contributed by atoms with E-state index in [1.165, 1.54) is 30.3 Å². The van der Waals surface area contributed by atoms with Crippen molar-refractivity contribution < 1.29 is 14.1 Å². The van der Waals surface area contributed by atoms with Crippen molar-refractivity contribution in [3.63, 3.8) is 0 Å². The van der Waals surface area contributed by atoms with E-state index in [0.717, 1.165) is 0 Å². The number of carbonyl (C=O) groups is 1. The number of anilines is 1. The zero-order valence-electron chi connectivity index (χ0n) is 11.7. The van der Waals surface area contributed by atoms with Crippen LogP contribution in [0.5, 0.6) is 0 Å². The highest BCUT2D eigenvalue weighted by atomic mass is 79.9. The SMILES string of the molecule is O=C(NCc1cccc([N+](=O)[O-])c1)NNc1ccc(F)cc1Br. The average molecular weight is 383 g/mol. The summed E-state index contributed by atoms with van der Waals surface area (Å²) in [4.78, 5) is 21.8. The van der Waals surface area contributed by atoms with Crippen molar-refractivity contribution in [1.82, 2.24) is 10.7 Å². The molecule has 0 aromatic heterocycles. The molecule has 3 N–H and O–H groups in total. The number of hydrogen-bond acceptors (Lipinski definition) is 4. The van der Waals surface area contributed by atoms with Gasteiger partial charge in [0.1, 0.15) is 5.82 Å². The molecule has 0 heterocycles. The molecule has 0 aliphatic carbocycles. The summed E-state index contributed by atoms with van der Waals surface area (Å²) < 4.78 is 13.4. The van der Waals surface area contributed by atoms with Gasteiger partial charge in [0.15, 0.2) is 0 Å². The molecule has 2 rings (SSSR count). The Kier molecular flexibility index (Phi) is 5.47. The fraction of sp³-hybridized carbons (Fsp3) is 0.0714. The highest BCUT2D eigenvalue weighted by Gasteiger charge is 2.07. The molecular formula is C14H12BrFN4O3. The summed E-state index contributed by atoms with van der Waals surface area (Å²) in [6.45, 7) is 0.125. The molecule has 9 heteroatoms. The Morgan fingerprint density at radius 2 is 2.04 bits per heavy atom. The second-order valence-corrected chi connectivity index (χ2v) is 5.34. The number of nitro groups is 1. The van der Waals surface area contributed by atoms with Gasteiger partial charge in [0.25, 0.3) is 5.69 Å². The topological polar surface area (TPSA) is 96.3 Å². The monoisotopic (exact) mass is 382 g/mol. The zero-order chi connectivity index (χ0) is 16.8. The predicted molar refractivity (Wildman–Crippen MR) is 86.2 cm³/mol. The molecule has 0 saturated heterocycles. The summed E-state index contributed by atoms with van der Waals surface area (Å²) in [5.74, 6) is -0.405. The molecule has 0 aliphatic heterocycles. The van der Waals surface area contributed by atoms with Crippen molar-refractivity contribution >= 4 is 33.3 Å². The van der Waals surface area contributed by atoms with E-state index < -0.39 is 16.8 Å². The largest absolute Gasteiger partial charge is 0.333 e. The first kappa shape index (κ1) is 16.7. The molecule has 0 unspecified atom stereocenters. The minimum atomic E-state index is -0.535. The third kappa shape index (κ3) is 4.92. The Hall–Kier alpha value is -2.68. The van der Waals surface area contributed by atoms with Crippen LogP contribution in [0.2, 0.25) is 0 Å². The van der Waals surface area contributed by atoms with Gasteiger partial charge in [-0.3, -0.25) is 21.0 Å². The van der Waals surface area contributed by atoms with Crippen LogP contribution < -0.4 is 16.2 Å². The molecule has 0 fully saturated rings. The number of carbonyl (C=O) groups excluding carboxylic acids is 1. The number of benzene rings is 2. The number of rotatable bonds is 5. The third-order valence-corrected chi connectivity index (χ3v) is 3.47. The summed E-state index contributed by atoms with van der Waals surface area (Å²) in [5, 5.41) is 13.2. The molecule has 0 spiro atoms. The maximum Gasteiger partial charge on any atom is 0.333 e. The van der Waals surface area contributed by atoms with E-state index in [2.05, 4.69) is 32.1 Å². The summed E-state index contributed by atoms with van der Waals surface area (Å²) in [6, 6.07) is 9.38. The number of nitrogens with one attached hydrogen (secondary N) is 3. The van der Waals surface area contributed by atoms with Crippen LogP contribution in [0.3, 0.4) is 0 Å². The van der Waals surface area contributed by atoms with E-state index in [4.69, 9.17) is 0 Å². The maximum atomic E-state index is 12.9. The Morgan fingerprint density at radius 1 is 1.26 bits per heavy atom. The van der Waals surface area contributed by atoms with Crippen LogP contribution >= 0.6 is 15.9 Å². The number of hydrogen-bond donors (Lipinski definition) is 3. The fourth-order valence-corrected chi connectivity index (χ4v) is 2.17. The molecule has 7 nitrogen and oxygen atoms in total. The number of amides is 2. The van der Waals surface area contributed by atoms with Gasteiger partial charge in [-0.2, -0.15) is 0 Å². The first-order chi connectivity index (χ1) is 11.0. The van der Waals surface area contributed by atoms with Crippen LogP contribution in [0.25, 0.3) is 0 Å². The van der Waals surface area contributed by atoms with Gasteiger partial charge < -0.3 is 5.32 Å². The molecule has 0 saturated carbocycles. The van der Waals surface area contributed by atoms with Crippen molar-refractivity contribution in [2.24, 2.45) is 0 Å². The molecule has 0 atom stereocenters. The minimum absolute atomic E-state index is 0.0434. The van der Waals surface area contributed by atoms with E-state index in [1.54, 1.807) is 12.1 Å². The normalized spacial score (nSPS) is 10.0. The summed E-state index contributed by atoms with van der Waals surface area (Å²) in [5.41, 5.74) is 6.04. The number of hydrazine groups is 1. The van der Waals surface area contributed by atoms with Crippen molar-refractivity contribution in [2.75, 3.05) is 5.43 Å². The van der Waals surface area contributed by atoms with E-state index >= 15 is 0 Å². The highest BCUT2D eigenvalue weighted by molar-refractivity contribution is 9.10. The molecule has 0 aliphatic rings. The van der Waals surface area contributed by atoms with Crippen molar-refractivity contribution in [3.05, 3.63) is 68.4 Å².